The van der Waals surface area contributed by atoms with E-state index >= 15 is 0 Å². The summed E-state index contributed by atoms with van der Waals surface area (Å²) in [6.45, 7) is 6.28. The molecule has 0 aliphatic carbocycles. The predicted molar refractivity (Wildman–Crippen MR) is 126 cm³/mol. The van der Waals surface area contributed by atoms with Gasteiger partial charge in [0.2, 0.25) is 5.82 Å². The Labute approximate surface area is 190 Å². The monoisotopic (exact) mass is 452 g/mol. The van der Waals surface area contributed by atoms with E-state index in [1.807, 2.05) is 48.4 Å². The van der Waals surface area contributed by atoms with Crippen LogP contribution in [0.3, 0.4) is 0 Å². The first-order valence-corrected chi connectivity index (χ1v) is 11.3. The number of nitrogens with one attached hydrogen (secondary N) is 1. The van der Waals surface area contributed by atoms with Crippen LogP contribution in [0.4, 0.5) is 4.39 Å². The SMILES string of the molecule is C=CCN1C(=S)NC(c2cccc(F)c2)C(c2nc(-c3ccc(SC)cc3)no2)=C1C. The van der Waals surface area contributed by atoms with Crippen molar-refractivity contribution in [2.45, 2.75) is 17.9 Å². The highest BCUT2D eigenvalue weighted by Crippen LogP contribution is 2.37. The van der Waals surface area contributed by atoms with Gasteiger partial charge in [-0.15, -0.1) is 18.3 Å². The van der Waals surface area contributed by atoms with Gasteiger partial charge in [0.15, 0.2) is 5.11 Å². The molecule has 158 valence electrons. The van der Waals surface area contributed by atoms with E-state index < -0.39 is 6.04 Å². The van der Waals surface area contributed by atoms with Crippen molar-refractivity contribution < 1.29 is 8.91 Å². The topological polar surface area (TPSA) is 54.2 Å². The molecular formula is C23H21FN4OS2. The molecule has 0 spiro atoms. The Hall–Kier alpha value is -2.97. The number of hydrogen-bond donors (Lipinski definition) is 1. The Bertz CT molecular complexity index is 1160. The minimum atomic E-state index is -0.420. The van der Waals surface area contributed by atoms with Crippen LogP contribution < -0.4 is 5.32 Å². The van der Waals surface area contributed by atoms with Crippen LogP contribution in [0.25, 0.3) is 17.0 Å². The van der Waals surface area contributed by atoms with Gasteiger partial charge >= 0.3 is 0 Å². The van der Waals surface area contributed by atoms with Crippen LogP contribution >= 0.6 is 24.0 Å². The number of aromatic nitrogens is 2. The van der Waals surface area contributed by atoms with Crippen molar-refractivity contribution in [2.24, 2.45) is 0 Å². The van der Waals surface area contributed by atoms with Crippen LogP contribution in [0.15, 0.2) is 76.3 Å². The number of halogens is 1. The maximum Gasteiger partial charge on any atom is 0.258 e. The highest BCUT2D eigenvalue weighted by Gasteiger charge is 2.33. The molecule has 0 saturated carbocycles. The fraction of sp³-hybridized carbons (Fsp3) is 0.174. The second-order valence-electron chi connectivity index (χ2n) is 6.99. The molecule has 0 bridgehead atoms. The second-order valence-corrected chi connectivity index (χ2v) is 8.25. The van der Waals surface area contributed by atoms with Crippen molar-refractivity contribution in [3.8, 4) is 11.4 Å². The summed E-state index contributed by atoms with van der Waals surface area (Å²) in [6, 6.07) is 13.9. The van der Waals surface area contributed by atoms with Gasteiger partial charge < -0.3 is 14.7 Å². The fourth-order valence-corrected chi connectivity index (χ4v) is 4.27. The van der Waals surface area contributed by atoms with E-state index in [-0.39, 0.29) is 5.82 Å². The summed E-state index contributed by atoms with van der Waals surface area (Å²) < 4.78 is 19.7. The first-order chi connectivity index (χ1) is 15.0. The normalized spacial score (nSPS) is 16.4. The van der Waals surface area contributed by atoms with Crippen molar-refractivity contribution in [1.82, 2.24) is 20.4 Å². The zero-order valence-corrected chi connectivity index (χ0v) is 18.8. The molecule has 4 rings (SSSR count). The Morgan fingerprint density at radius 1 is 1.29 bits per heavy atom. The molecule has 1 unspecified atom stereocenters. The molecule has 5 nitrogen and oxygen atoms in total. The van der Waals surface area contributed by atoms with E-state index in [1.54, 1.807) is 23.9 Å². The lowest BCUT2D eigenvalue weighted by Gasteiger charge is -2.36. The molecule has 1 aliphatic heterocycles. The van der Waals surface area contributed by atoms with Crippen LogP contribution in [0, 0.1) is 5.82 Å². The van der Waals surface area contributed by atoms with Crippen molar-refractivity contribution in [3.05, 3.63) is 84.2 Å². The molecule has 31 heavy (non-hydrogen) atoms. The molecule has 0 fully saturated rings. The standard InChI is InChI=1S/C23H21FN4OS2/c1-4-12-28-14(2)19(20(25-23(28)30)16-6-5-7-17(24)13-16)22-26-21(27-29-22)15-8-10-18(31-3)11-9-15/h4-11,13,20H,1,12H2,2-3H3,(H,25,30). The van der Waals surface area contributed by atoms with Gasteiger partial charge in [0.25, 0.3) is 5.89 Å². The van der Waals surface area contributed by atoms with Crippen molar-refractivity contribution >= 4 is 34.7 Å². The average Bonchev–Trinajstić information content (AvgIpc) is 3.26. The molecule has 3 aromatic rings. The van der Waals surface area contributed by atoms with Gasteiger partial charge in [0, 0.05) is 22.7 Å². The fourth-order valence-electron chi connectivity index (χ4n) is 3.53. The van der Waals surface area contributed by atoms with Crippen molar-refractivity contribution in [2.75, 3.05) is 12.8 Å². The first kappa shape index (κ1) is 21.3. The maximum atomic E-state index is 14.0. The van der Waals surface area contributed by atoms with E-state index in [0.29, 0.717) is 23.4 Å². The summed E-state index contributed by atoms with van der Waals surface area (Å²) in [5, 5.41) is 8.01. The molecule has 0 saturated heterocycles. The summed E-state index contributed by atoms with van der Waals surface area (Å²) in [7, 11) is 0. The minimum absolute atomic E-state index is 0.323. The molecule has 1 atom stereocenters. The lowest BCUT2D eigenvalue weighted by atomic mass is 9.94. The Morgan fingerprint density at radius 3 is 2.74 bits per heavy atom. The average molecular weight is 453 g/mol. The third-order valence-corrected chi connectivity index (χ3v) is 6.18. The highest BCUT2D eigenvalue weighted by atomic mass is 32.2. The van der Waals surface area contributed by atoms with E-state index in [1.165, 1.54) is 12.1 Å². The van der Waals surface area contributed by atoms with Crippen LogP contribution in [-0.4, -0.2) is 33.0 Å². The number of nitrogens with zero attached hydrogens (tertiary/aromatic N) is 3. The maximum absolute atomic E-state index is 14.0. The molecule has 8 heteroatoms. The third-order valence-electron chi connectivity index (χ3n) is 5.09. The minimum Gasteiger partial charge on any atom is -0.351 e. The molecule has 1 N–H and O–H groups in total. The van der Waals surface area contributed by atoms with Crippen LogP contribution in [0.1, 0.15) is 24.4 Å². The number of rotatable bonds is 6. The number of benzene rings is 2. The molecule has 0 radical (unpaired) electrons. The molecule has 1 aliphatic rings. The van der Waals surface area contributed by atoms with Gasteiger partial charge in [-0.1, -0.05) is 23.4 Å². The summed E-state index contributed by atoms with van der Waals surface area (Å²) >= 11 is 7.23. The largest absolute Gasteiger partial charge is 0.351 e. The molecule has 2 heterocycles. The second kappa shape index (κ2) is 9.03. The lowest BCUT2D eigenvalue weighted by molar-refractivity contribution is 0.399. The zero-order valence-electron chi connectivity index (χ0n) is 17.1. The third kappa shape index (κ3) is 4.26. The zero-order chi connectivity index (χ0) is 22.0. The summed E-state index contributed by atoms with van der Waals surface area (Å²) in [5.74, 6) is 0.528. The van der Waals surface area contributed by atoms with Crippen molar-refractivity contribution in [1.29, 1.82) is 0 Å². The van der Waals surface area contributed by atoms with Crippen molar-refractivity contribution in [3.63, 3.8) is 0 Å². The first-order valence-electron chi connectivity index (χ1n) is 9.65. The molecular weight excluding hydrogens is 431 g/mol. The number of thioether (sulfide) groups is 1. The molecule has 2 aromatic carbocycles. The van der Waals surface area contributed by atoms with Gasteiger partial charge in [-0.2, -0.15) is 4.98 Å². The quantitative estimate of drug-likeness (QED) is 0.303. The van der Waals surface area contributed by atoms with Crippen LogP contribution in [-0.2, 0) is 0 Å². The summed E-state index contributed by atoms with van der Waals surface area (Å²) in [5.41, 5.74) is 3.18. The Kier molecular flexibility index (Phi) is 6.20. The van der Waals surface area contributed by atoms with Crippen LogP contribution in [0.2, 0.25) is 0 Å². The smallest absolute Gasteiger partial charge is 0.258 e. The van der Waals surface area contributed by atoms with Gasteiger partial charge in [-0.25, -0.2) is 4.39 Å². The van der Waals surface area contributed by atoms with E-state index in [9.17, 15) is 4.39 Å². The number of hydrogen-bond acceptors (Lipinski definition) is 5. The predicted octanol–water partition coefficient (Wildman–Crippen LogP) is 5.45. The van der Waals surface area contributed by atoms with E-state index in [2.05, 4.69) is 22.0 Å². The van der Waals surface area contributed by atoms with Gasteiger partial charge in [0.1, 0.15) is 5.82 Å². The van der Waals surface area contributed by atoms with Crippen LogP contribution in [0.5, 0.6) is 0 Å². The highest BCUT2D eigenvalue weighted by molar-refractivity contribution is 7.98. The molecule has 1 aromatic heterocycles. The molecule has 0 amide bonds. The van der Waals surface area contributed by atoms with Gasteiger partial charge in [-0.3, -0.25) is 0 Å². The van der Waals surface area contributed by atoms with E-state index in [4.69, 9.17) is 16.7 Å². The van der Waals surface area contributed by atoms with E-state index in [0.717, 1.165) is 27.3 Å². The number of allylic oxidation sites excluding steroid dienone is 1. The lowest BCUT2D eigenvalue weighted by Crippen LogP contribution is -2.45. The van der Waals surface area contributed by atoms with Gasteiger partial charge in [-0.05, 0) is 67.4 Å². The summed E-state index contributed by atoms with van der Waals surface area (Å²) in [4.78, 5) is 7.72. The number of thiocarbonyl (C=S) groups is 1. The Balaban J connectivity index is 1.80. The summed E-state index contributed by atoms with van der Waals surface area (Å²) in [6.07, 6.45) is 3.79. The van der Waals surface area contributed by atoms with Gasteiger partial charge in [0.05, 0.1) is 11.6 Å². The Morgan fingerprint density at radius 2 is 2.06 bits per heavy atom.